The zero-order chi connectivity index (χ0) is 12.1. The lowest BCUT2D eigenvalue weighted by Gasteiger charge is -2.07. The zero-order valence-electron chi connectivity index (χ0n) is 9.55. The van der Waals surface area contributed by atoms with E-state index in [9.17, 15) is 9.18 Å². The number of hydrogen-bond acceptors (Lipinski definition) is 3. The van der Waals surface area contributed by atoms with Crippen molar-refractivity contribution >= 4 is 11.7 Å². The van der Waals surface area contributed by atoms with Crippen LogP contribution in [0.5, 0.6) is 0 Å². The van der Waals surface area contributed by atoms with Gasteiger partial charge in [0.1, 0.15) is 5.82 Å². The van der Waals surface area contributed by atoms with Crippen molar-refractivity contribution in [3.05, 3.63) is 29.1 Å². The van der Waals surface area contributed by atoms with E-state index in [1.54, 1.807) is 6.92 Å². The summed E-state index contributed by atoms with van der Waals surface area (Å²) in [5, 5.41) is 0. The summed E-state index contributed by atoms with van der Waals surface area (Å²) in [4.78, 5) is 11.5. The first-order chi connectivity index (χ1) is 7.56. The van der Waals surface area contributed by atoms with Crippen LogP contribution in [0.3, 0.4) is 0 Å². The highest BCUT2D eigenvalue weighted by molar-refractivity contribution is 5.91. The maximum absolute atomic E-state index is 13.6. The topological polar surface area (TPSA) is 52.3 Å². The first kappa shape index (κ1) is 12.5. The Hall–Kier alpha value is -1.58. The third-order valence-corrected chi connectivity index (χ3v) is 2.23. The Morgan fingerprint density at radius 3 is 2.81 bits per heavy atom. The van der Waals surface area contributed by atoms with Gasteiger partial charge in [-0.25, -0.2) is 9.18 Å². The molecule has 2 N–H and O–H groups in total. The minimum atomic E-state index is -0.652. The summed E-state index contributed by atoms with van der Waals surface area (Å²) in [6, 6.07) is 2.79. The molecule has 0 aliphatic carbocycles. The van der Waals surface area contributed by atoms with Crippen molar-refractivity contribution < 1.29 is 13.9 Å². The molecule has 1 rings (SSSR count). The minimum Gasteiger partial charge on any atom is -0.462 e. The Morgan fingerprint density at radius 2 is 2.19 bits per heavy atom. The number of rotatable bonds is 4. The lowest BCUT2D eigenvalue weighted by Crippen LogP contribution is -2.10. The molecule has 16 heavy (non-hydrogen) atoms. The summed E-state index contributed by atoms with van der Waals surface area (Å²) < 4.78 is 18.5. The fraction of sp³-hybridized carbons (Fsp3) is 0.417. The number of nitrogen functional groups attached to an aromatic ring is 1. The molecule has 0 fully saturated rings. The number of hydrogen-bond donors (Lipinski definition) is 1. The van der Waals surface area contributed by atoms with Crippen LogP contribution >= 0.6 is 0 Å². The molecule has 0 amide bonds. The maximum atomic E-state index is 13.6. The smallest absolute Gasteiger partial charge is 0.341 e. The highest BCUT2D eigenvalue weighted by atomic mass is 19.1. The molecule has 0 saturated carbocycles. The van der Waals surface area contributed by atoms with Crippen LogP contribution in [0.2, 0.25) is 0 Å². The maximum Gasteiger partial charge on any atom is 0.341 e. The molecule has 1 aromatic carbocycles. The monoisotopic (exact) mass is 225 g/mol. The molecule has 3 nitrogen and oxygen atoms in total. The summed E-state index contributed by atoms with van der Waals surface area (Å²) in [5.41, 5.74) is 6.17. The fourth-order valence-electron chi connectivity index (χ4n) is 1.33. The molecule has 0 radical (unpaired) electrons. The number of anilines is 1. The van der Waals surface area contributed by atoms with Gasteiger partial charge in [0.25, 0.3) is 0 Å². The normalized spacial score (nSPS) is 10.2. The van der Waals surface area contributed by atoms with Crippen molar-refractivity contribution in [2.75, 3.05) is 12.3 Å². The number of ether oxygens (including phenoxy) is 1. The van der Waals surface area contributed by atoms with Gasteiger partial charge >= 0.3 is 5.97 Å². The molecule has 0 bridgehead atoms. The lowest BCUT2D eigenvalue weighted by molar-refractivity contribution is 0.0494. The second kappa shape index (κ2) is 5.49. The predicted octanol–water partition coefficient (Wildman–Crippen LogP) is 2.67. The standard InChI is InChI=1S/C12H16FNO2/c1-3-4-5-16-12(15)10-7-9(14)6-8(2)11(10)13/h6-7H,3-5,14H2,1-2H3. The summed E-state index contributed by atoms with van der Waals surface area (Å²) in [6.45, 7) is 3.86. The Kier molecular flexibility index (Phi) is 4.28. The second-order valence-corrected chi connectivity index (χ2v) is 3.69. The number of esters is 1. The molecule has 0 saturated heterocycles. The van der Waals surface area contributed by atoms with Gasteiger partial charge in [-0.1, -0.05) is 13.3 Å². The number of unbranched alkanes of at least 4 members (excludes halogenated alkanes) is 1. The quantitative estimate of drug-likeness (QED) is 0.487. The van der Waals surface area contributed by atoms with E-state index < -0.39 is 11.8 Å². The van der Waals surface area contributed by atoms with Crippen molar-refractivity contribution in [2.45, 2.75) is 26.7 Å². The van der Waals surface area contributed by atoms with Gasteiger partial charge in [-0.2, -0.15) is 0 Å². The van der Waals surface area contributed by atoms with Crippen LogP contribution in [0.1, 0.15) is 35.7 Å². The van der Waals surface area contributed by atoms with Gasteiger partial charge in [-0.05, 0) is 31.0 Å². The molecule has 0 heterocycles. The largest absolute Gasteiger partial charge is 0.462 e. The number of carbonyl (C=O) groups is 1. The van der Waals surface area contributed by atoms with Crippen molar-refractivity contribution in [2.24, 2.45) is 0 Å². The number of halogens is 1. The molecule has 0 atom stereocenters. The Labute approximate surface area is 94.4 Å². The Bertz CT molecular complexity index is 391. The van der Waals surface area contributed by atoms with Gasteiger partial charge in [-0.15, -0.1) is 0 Å². The summed E-state index contributed by atoms with van der Waals surface area (Å²) in [6.07, 6.45) is 1.69. The number of aryl methyl sites for hydroxylation is 1. The van der Waals surface area contributed by atoms with Gasteiger partial charge in [0.15, 0.2) is 0 Å². The van der Waals surface area contributed by atoms with E-state index in [1.165, 1.54) is 12.1 Å². The molecule has 1 aromatic rings. The van der Waals surface area contributed by atoms with Crippen LogP contribution < -0.4 is 5.73 Å². The predicted molar refractivity (Wildman–Crippen MR) is 60.7 cm³/mol. The summed E-state index contributed by atoms with van der Waals surface area (Å²) in [5.74, 6) is -1.21. The van der Waals surface area contributed by atoms with Gasteiger partial charge in [0, 0.05) is 5.69 Å². The van der Waals surface area contributed by atoms with E-state index >= 15 is 0 Å². The molecule has 0 spiro atoms. The van der Waals surface area contributed by atoms with Crippen LogP contribution in [0, 0.1) is 12.7 Å². The van der Waals surface area contributed by atoms with Crippen molar-refractivity contribution in [3.8, 4) is 0 Å². The second-order valence-electron chi connectivity index (χ2n) is 3.69. The molecule has 0 aliphatic rings. The highest BCUT2D eigenvalue weighted by Gasteiger charge is 2.15. The molecule has 4 heteroatoms. The highest BCUT2D eigenvalue weighted by Crippen LogP contribution is 2.18. The van der Waals surface area contributed by atoms with Crippen LogP contribution in [0.4, 0.5) is 10.1 Å². The van der Waals surface area contributed by atoms with Gasteiger partial charge < -0.3 is 10.5 Å². The van der Waals surface area contributed by atoms with Crippen molar-refractivity contribution in [1.82, 2.24) is 0 Å². The van der Waals surface area contributed by atoms with E-state index in [1.807, 2.05) is 6.92 Å². The number of benzene rings is 1. The van der Waals surface area contributed by atoms with Gasteiger partial charge in [-0.3, -0.25) is 0 Å². The molecule has 88 valence electrons. The minimum absolute atomic E-state index is 0.0893. The Balaban J connectivity index is 2.82. The first-order valence-corrected chi connectivity index (χ1v) is 5.29. The lowest BCUT2D eigenvalue weighted by atomic mass is 10.1. The summed E-state index contributed by atoms with van der Waals surface area (Å²) >= 11 is 0. The first-order valence-electron chi connectivity index (χ1n) is 5.29. The van der Waals surface area contributed by atoms with Crippen molar-refractivity contribution in [1.29, 1.82) is 0 Å². The van der Waals surface area contributed by atoms with Gasteiger partial charge in [0.05, 0.1) is 12.2 Å². The molecule has 0 unspecified atom stereocenters. The average molecular weight is 225 g/mol. The Morgan fingerprint density at radius 1 is 1.50 bits per heavy atom. The van der Waals surface area contributed by atoms with E-state index in [-0.39, 0.29) is 5.56 Å². The molecule has 0 aromatic heterocycles. The van der Waals surface area contributed by atoms with Crippen molar-refractivity contribution in [3.63, 3.8) is 0 Å². The molecular formula is C12H16FNO2. The van der Waals surface area contributed by atoms with Gasteiger partial charge in [0.2, 0.25) is 0 Å². The fourth-order valence-corrected chi connectivity index (χ4v) is 1.33. The van der Waals surface area contributed by atoms with Crippen LogP contribution in [0.25, 0.3) is 0 Å². The van der Waals surface area contributed by atoms with E-state index in [2.05, 4.69) is 0 Å². The van der Waals surface area contributed by atoms with E-state index in [4.69, 9.17) is 10.5 Å². The van der Waals surface area contributed by atoms with Crippen LogP contribution in [-0.2, 0) is 4.74 Å². The zero-order valence-corrected chi connectivity index (χ0v) is 9.55. The third-order valence-electron chi connectivity index (χ3n) is 2.23. The number of carbonyl (C=O) groups excluding carboxylic acids is 1. The molecular weight excluding hydrogens is 209 g/mol. The third kappa shape index (κ3) is 2.95. The SMILES string of the molecule is CCCCOC(=O)c1cc(N)cc(C)c1F. The average Bonchev–Trinajstić information content (AvgIpc) is 2.23. The van der Waals surface area contributed by atoms with Crippen LogP contribution in [0.15, 0.2) is 12.1 Å². The van der Waals surface area contributed by atoms with E-state index in [0.717, 1.165) is 12.8 Å². The summed E-state index contributed by atoms with van der Waals surface area (Å²) in [7, 11) is 0. The molecule has 0 aliphatic heterocycles. The van der Waals surface area contributed by atoms with Crippen LogP contribution in [-0.4, -0.2) is 12.6 Å². The van der Waals surface area contributed by atoms with E-state index in [0.29, 0.717) is 17.9 Å². The number of nitrogens with two attached hydrogens (primary N) is 1.